The molecule has 0 spiro atoms. The highest BCUT2D eigenvalue weighted by Crippen LogP contribution is 2.12. The molecule has 0 saturated heterocycles. The van der Waals surface area contributed by atoms with E-state index < -0.39 is 11.5 Å². The fraction of sp³-hybridized carbons (Fsp3) is 0.273. The Morgan fingerprint density at radius 3 is 2.89 bits per heavy atom. The molecule has 0 aliphatic carbocycles. The van der Waals surface area contributed by atoms with Gasteiger partial charge in [-0.1, -0.05) is 46.6 Å². The molecule has 19 heavy (non-hydrogen) atoms. The fourth-order valence-corrected chi connectivity index (χ4v) is 1.47. The molecule has 1 aromatic rings. The summed E-state index contributed by atoms with van der Waals surface area (Å²) < 4.78 is 0. The minimum atomic E-state index is -1.37. The lowest BCUT2D eigenvalue weighted by molar-refractivity contribution is -0.139. The van der Waals surface area contributed by atoms with Gasteiger partial charge in [-0.05, 0) is 6.07 Å². The summed E-state index contributed by atoms with van der Waals surface area (Å²) in [5.41, 5.74) is -0.740. The van der Waals surface area contributed by atoms with Gasteiger partial charge < -0.3 is 9.94 Å². The van der Waals surface area contributed by atoms with E-state index in [2.05, 4.69) is 5.16 Å². The van der Waals surface area contributed by atoms with Crippen LogP contribution in [0.3, 0.4) is 0 Å². The number of halogens is 2. The van der Waals surface area contributed by atoms with E-state index in [0.29, 0.717) is 10.6 Å². The van der Waals surface area contributed by atoms with Crippen molar-refractivity contribution >= 4 is 35.3 Å². The van der Waals surface area contributed by atoms with Gasteiger partial charge >= 0.3 is 0 Å². The maximum atomic E-state index is 11.5. The third kappa shape index (κ3) is 5.04. The second-order valence-electron chi connectivity index (χ2n) is 3.43. The van der Waals surface area contributed by atoms with E-state index in [-0.39, 0.29) is 13.2 Å². The molecule has 1 amide bonds. The third-order valence-corrected chi connectivity index (χ3v) is 2.68. The molecule has 8 heteroatoms. The average molecular weight is 306 g/mol. The average Bonchev–Trinajstić information content (AvgIpc) is 2.40. The van der Waals surface area contributed by atoms with Gasteiger partial charge in [0.15, 0.2) is 0 Å². The monoisotopic (exact) mass is 305 g/mol. The predicted molar refractivity (Wildman–Crippen MR) is 72.8 cm³/mol. The first-order valence-electron chi connectivity index (χ1n) is 5.31. The quantitative estimate of drug-likeness (QED) is 0.269. The number of carbonyl (C=O) groups is 1. The molecule has 1 rings (SSSR count). The van der Waals surface area contributed by atoms with Gasteiger partial charge in [0.2, 0.25) is 0 Å². The number of hydrogen-bond acceptors (Lipinski definition) is 5. The second kappa shape index (κ2) is 7.96. The largest absolute Gasteiger partial charge is 0.394 e. The zero-order valence-electron chi connectivity index (χ0n) is 9.87. The normalized spacial score (nSPS) is 12.4. The van der Waals surface area contributed by atoms with Crippen LogP contribution < -0.4 is 5.84 Å². The maximum absolute atomic E-state index is 11.5. The molecule has 104 valence electrons. The fourth-order valence-electron chi connectivity index (χ4n) is 1.11. The summed E-state index contributed by atoms with van der Waals surface area (Å²) in [5.74, 6) is 4.62. The first kappa shape index (κ1) is 15.7. The molecular formula is C11H13Cl2N3O3. The second-order valence-corrected chi connectivity index (χ2v) is 4.24. The molecule has 1 unspecified atom stereocenters. The molecule has 0 saturated carbocycles. The van der Waals surface area contributed by atoms with Crippen molar-refractivity contribution in [1.82, 2.24) is 5.01 Å². The molecule has 0 radical (unpaired) electrons. The summed E-state index contributed by atoms with van der Waals surface area (Å²) in [5, 5.41) is 13.4. The summed E-state index contributed by atoms with van der Waals surface area (Å²) in [6.45, 7) is -0.311. The number of alkyl halides is 1. The van der Waals surface area contributed by atoms with Gasteiger partial charge in [0.05, 0.1) is 19.4 Å². The number of benzene rings is 1. The zero-order chi connectivity index (χ0) is 14.3. The lowest BCUT2D eigenvalue weighted by atomic mass is 10.2. The van der Waals surface area contributed by atoms with Crippen LogP contribution in [0.5, 0.6) is 0 Å². The highest BCUT2D eigenvalue weighted by Gasteiger charge is 2.21. The topological polar surface area (TPSA) is 88.2 Å². The van der Waals surface area contributed by atoms with Crippen LogP contribution in [0.2, 0.25) is 5.02 Å². The summed E-state index contributed by atoms with van der Waals surface area (Å²) in [6, 6.07) is 6.96. The number of rotatable bonds is 6. The molecular weight excluding hydrogens is 293 g/mol. The maximum Gasteiger partial charge on any atom is 0.296 e. The van der Waals surface area contributed by atoms with Crippen molar-refractivity contribution in [2.45, 2.75) is 5.56 Å². The van der Waals surface area contributed by atoms with Crippen molar-refractivity contribution in [3.05, 3.63) is 34.9 Å². The number of hydrogen-bond donors (Lipinski definition) is 2. The van der Waals surface area contributed by atoms with E-state index in [1.807, 2.05) is 0 Å². The number of nitrogens with zero attached hydrogens (tertiary/aromatic N) is 2. The van der Waals surface area contributed by atoms with Crippen molar-refractivity contribution in [2.24, 2.45) is 11.0 Å². The number of amides is 1. The molecule has 0 fully saturated rings. The first-order valence-corrected chi connectivity index (χ1v) is 6.12. The highest BCUT2D eigenvalue weighted by atomic mass is 35.5. The predicted octanol–water partition coefficient (Wildman–Crippen LogP) is 0.950. The van der Waals surface area contributed by atoms with Crippen LogP contribution in [0.4, 0.5) is 0 Å². The molecule has 6 nitrogen and oxygen atoms in total. The van der Waals surface area contributed by atoms with Crippen molar-refractivity contribution in [3.63, 3.8) is 0 Å². The van der Waals surface area contributed by atoms with E-state index in [9.17, 15) is 4.79 Å². The van der Waals surface area contributed by atoms with Crippen molar-refractivity contribution in [1.29, 1.82) is 0 Å². The van der Waals surface area contributed by atoms with Crippen molar-refractivity contribution in [3.8, 4) is 0 Å². The van der Waals surface area contributed by atoms with Gasteiger partial charge in [0.25, 0.3) is 11.5 Å². The van der Waals surface area contributed by atoms with E-state index in [0.717, 1.165) is 5.01 Å². The Morgan fingerprint density at radius 2 is 2.26 bits per heavy atom. The highest BCUT2D eigenvalue weighted by molar-refractivity contribution is 6.33. The Kier molecular flexibility index (Phi) is 6.58. The lowest BCUT2D eigenvalue weighted by Gasteiger charge is -2.16. The van der Waals surface area contributed by atoms with Crippen LogP contribution in [0.15, 0.2) is 29.4 Å². The van der Waals surface area contributed by atoms with Crippen LogP contribution in [0.25, 0.3) is 0 Å². The van der Waals surface area contributed by atoms with Gasteiger partial charge in [0.1, 0.15) is 0 Å². The Balaban J connectivity index is 2.52. The summed E-state index contributed by atoms with van der Waals surface area (Å²) in [7, 11) is 0. The number of aliphatic hydroxyl groups excluding tert-OH is 1. The number of oxime groups is 1. The van der Waals surface area contributed by atoms with Crippen LogP contribution >= 0.6 is 23.2 Å². The van der Waals surface area contributed by atoms with Crippen LogP contribution in [-0.4, -0.2) is 41.0 Å². The standard InChI is InChI=1S/C11H13Cl2N3O3/c12-9-4-2-1-3-8(9)7-15-19-10(13)11(18)16(14)5-6-17/h1-4,7,10,17H,5-6,14H2. The van der Waals surface area contributed by atoms with E-state index >= 15 is 0 Å². The van der Waals surface area contributed by atoms with E-state index in [1.165, 1.54) is 6.21 Å². The SMILES string of the molecule is NN(CCO)C(=O)C(Cl)ON=Cc1ccccc1Cl. The summed E-state index contributed by atoms with van der Waals surface area (Å²) in [6.07, 6.45) is 1.33. The van der Waals surface area contributed by atoms with Crippen molar-refractivity contribution in [2.75, 3.05) is 13.2 Å². The van der Waals surface area contributed by atoms with Gasteiger partial charge in [-0.15, -0.1) is 0 Å². The van der Waals surface area contributed by atoms with Gasteiger partial charge in [-0.2, -0.15) is 0 Å². The minimum Gasteiger partial charge on any atom is -0.394 e. The van der Waals surface area contributed by atoms with Crippen LogP contribution in [0, 0.1) is 0 Å². The molecule has 0 aliphatic rings. The Labute approximate surface area is 120 Å². The number of nitrogens with two attached hydrogens (primary N) is 1. The van der Waals surface area contributed by atoms with Gasteiger partial charge in [-0.25, -0.2) is 5.84 Å². The van der Waals surface area contributed by atoms with Gasteiger partial charge in [-0.3, -0.25) is 9.80 Å². The molecule has 0 bridgehead atoms. The Hall–Kier alpha value is -1.34. The number of hydrazine groups is 1. The molecule has 3 N–H and O–H groups in total. The smallest absolute Gasteiger partial charge is 0.296 e. The van der Waals surface area contributed by atoms with E-state index in [4.69, 9.17) is 39.0 Å². The first-order chi connectivity index (χ1) is 9.06. The summed E-state index contributed by atoms with van der Waals surface area (Å²) >= 11 is 11.5. The van der Waals surface area contributed by atoms with Gasteiger partial charge in [0, 0.05) is 10.6 Å². The minimum absolute atomic E-state index is 0.0420. The summed E-state index contributed by atoms with van der Waals surface area (Å²) in [4.78, 5) is 16.2. The number of carbonyl (C=O) groups excluding carboxylic acids is 1. The lowest BCUT2D eigenvalue weighted by Crippen LogP contribution is -2.44. The third-order valence-electron chi connectivity index (χ3n) is 2.07. The van der Waals surface area contributed by atoms with E-state index in [1.54, 1.807) is 24.3 Å². The molecule has 0 aromatic heterocycles. The Bertz CT molecular complexity index is 457. The molecule has 0 heterocycles. The molecule has 0 aliphatic heterocycles. The molecule has 1 atom stereocenters. The Morgan fingerprint density at radius 1 is 1.58 bits per heavy atom. The zero-order valence-corrected chi connectivity index (χ0v) is 11.4. The van der Waals surface area contributed by atoms with Crippen molar-refractivity contribution < 1.29 is 14.7 Å². The number of aliphatic hydroxyl groups is 1. The molecule has 1 aromatic carbocycles. The van der Waals surface area contributed by atoms with Crippen LogP contribution in [-0.2, 0) is 9.63 Å². The van der Waals surface area contributed by atoms with Crippen LogP contribution in [0.1, 0.15) is 5.56 Å².